The summed E-state index contributed by atoms with van der Waals surface area (Å²) in [6.07, 6.45) is 1.22. The first kappa shape index (κ1) is 14.7. The zero-order valence-corrected chi connectivity index (χ0v) is 9.84. The van der Waals surface area contributed by atoms with E-state index in [1.165, 1.54) is 0 Å². The molecule has 11 heteroatoms. The SMILES string of the molecule is COC1(OC)C([N+](=O)[O-])=CC([N+](=O)[O-])=CC1[N+](=O)[O-]. The summed E-state index contributed by atoms with van der Waals surface area (Å²) < 4.78 is 9.53. The molecular formula is C8H9N3O8. The lowest BCUT2D eigenvalue weighted by molar-refractivity contribution is -0.571. The Morgan fingerprint density at radius 3 is 1.95 bits per heavy atom. The fourth-order valence-corrected chi connectivity index (χ4v) is 1.74. The molecule has 11 nitrogen and oxygen atoms in total. The highest BCUT2D eigenvalue weighted by molar-refractivity contribution is 5.29. The van der Waals surface area contributed by atoms with Gasteiger partial charge in [0.05, 0.1) is 22.0 Å². The number of rotatable bonds is 5. The predicted molar refractivity (Wildman–Crippen MR) is 57.7 cm³/mol. The van der Waals surface area contributed by atoms with Crippen LogP contribution in [0.3, 0.4) is 0 Å². The zero-order valence-electron chi connectivity index (χ0n) is 9.84. The van der Waals surface area contributed by atoms with Crippen molar-refractivity contribution in [1.29, 1.82) is 0 Å². The first-order chi connectivity index (χ1) is 8.80. The van der Waals surface area contributed by atoms with Crippen molar-refractivity contribution in [2.24, 2.45) is 0 Å². The minimum Gasteiger partial charge on any atom is -0.339 e. The van der Waals surface area contributed by atoms with E-state index in [2.05, 4.69) is 0 Å². The molecule has 0 aromatic carbocycles. The van der Waals surface area contributed by atoms with Gasteiger partial charge < -0.3 is 9.47 Å². The van der Waals surface area contributed by atoms with Gasteiger partial charge >= 0.3 is 17.5 Å². The van der Waals surface area contributed by atoms with Gasteiger partial charge in [-0.2, -0.15) is 0 Å². The lowest BCUT2D eigenvalue weighted by atomic mass is 9.96. The van der Waals surface area contributed by atoms with Crippen LogP contribution in [0.1, 0.15) is 0 Å². The molecule has 0 aromatic rings. The summed E-state index contributed by atoms with van der Waals surface area (Å²) in [5, 5.41) is 32.5. The highest BCUT2D eigenvalue weighted by Crippen LogP contribution is 2.34. The van der Waals surface area contributed by atoms with Gasteiger partial charge in [0.25, 0.3) is 5.70 Å². The molecule has 0 saturated heterocycles. The second-order valence-electron chi connectivity index (χ2n) is 3.44. The minimum atomic E-state index is -2.31. The van der Waals surface area contributed by atoms with Crippen LogP contribution in [-0.2, 0) is 9.47 Å². The fraction of sp³-hybridized carbons (Fsp3) is 0.500. The van der Waals surface area contributed by atoms with E-state index < -0.39 is 38.0 Å². The van der Waals surface area contributed by atoms with E-state index in [9.17, 15) is 30.3 Å². The Morgan fingerprint density at radius 2 is 1.63 bits per heavy atom. The maximum atomic E-state index is 11.0. The van der Waals surface area contributed by atoms with Crippen molar-refractivity contribution >= 4 is 0 Å². The molecule has 1 unspecified atom stereocenters. The van der Waals surface area contributed by atoms with Gasteiger partial charge in [-0.15, -0.1) is 0 Å². The molecule has 0 aromatic heterocycles. The van der Waals surface area contributed by atoms with E-state index in [4.69, 9.17) is 9.47 Å². The molecule has 1 atom stereocenters. The summed E-state index contributed by atoms with van der Waals surface area (Å²) in [5.41, 5.74) is -1.67. The van der Waals surface area contributed by atoms with Gasteiger partial charge in [-0.05, 0) is 0 Å². The van der Waals surface area contributed by atoms with Crippen LogP contribution >= 0.6 is 0 Å². The van der Waals surface area contributed by atoms with Crippen molar-refractivity contribution in [2.75, 3.05) is 14.2 Å². The summed E-state index contributed by atoms with van der Waals surface area (Å²) >= 11 is 0. The summed E-state index contributed by atoms with van der Waals surface area (Å²) in [6.45, 7) is 0. The molecule has 0 radical (unpaired) electrons. The molecule has 1 aliphatic rings. The molecule has 0 aliphatic heterocycles. The molecule has 0 fully saturated rings. The highest BCUT2D eigenvalue weighted by Gasteiger charge is 2.60. The maximum absolute atomic E-state index is 11.0. The molecule has 0 amide bonds. The van der Waals surface area contributed by atoms with Crippen LogP contribution in [0.4, 0.5) is 0 Å². The number of hydrogen-bond donors (Lipinski definition) is 0. The predicted octanol–water partition coefficient (Wildman–Crippen LogP) is -0.0444. The Bertz CT molecular complexity index is 492. The van der Waals surface area contributed by atoms with Gasteiger partial charge in [-0.25, -0.2) is 0 Å². The molecule has 0 heterocycles. The molecule has 104 valence electrons. The topological polar surface area (TPSA) is 148 Å². The standard InChI is InChI=1S/C8H9N3O8/c1-18-8(19-2)6(10(14)15)3-5(9(12)13)4-7(8)11(16)17/h3-4,6H,1-2H3. The molecule has 0 spiro atoms. The van der Waals surface area contributed by atoms with Crippen molar-refractivity contribution in [3.8, 4) is 0 Å². The third-order valence-electron chi connectivity index (χ3n) is 2.60. The molecular weight excluding hydrogens is 266 g/mol. The van der Waals surface area contributed by atoms with Gasteiger partial charge in [-0.1, -0.05) is 0 Å². The smallest absolute Gasteiger partial charge is 0.335 e. The van der Waals surface area contributed by atoms with Crippen molar-refractivity contribution in [3.05, 3.63) is 53.9 Å². The third kappa shape index (κ3) is 2.28. The zero-order chi connectivity index (χ0) is 14.8. The second kappa shape index (κ2) is 5.07. The van der Waals surface area contributed by atoms with Crippen molar-refractivity contribution < 1.29 is 24.2 Å². The van der Waals surface area contributed by atoms with E-state index in [1.54, 1.807) is 0 Å². The average molecular weight is 275 g/mol. The summed E-state index contributed by atoms with van der Waals surface area (Å²) in [7, 11) is 1.95. The van der Waals surface area contributed by atoms with Crippen LogP contribution in [-0.4, -0.2) is 40.8 Å². The number of nitro groups is 3. The minimum absolute atomic E-state index is 0.576. The van der Waals surface area contributed by atoms with Crippen LogP contribution in [0.5, 0.6) is 0 Å². The monoisotopic (exact) mass is 275 g/mol. The first-order valence-electron chi connectivity index (χ1n) is 4.76. The van der Waals surface area contributed by atoms with Gasteiger partial charge in [0, 0.05) is 19.1 Å². The van der Waals surface area contributed by atoms with Crippen molar-refractivity contribution in [3.63, 3.8) is 0 Å². The third-order valence-corrected chi connectivity index (χ3v) is 2.60. The van der Waals surface area contributed by atoms with Gasteiger partial charge in [0.2, 0.25) is 0 Å². The average Bonchev–Trinajstić information content (AvgIpc) is 2.36. The number of hydrogen-bond acceptors (Lipinski definition) is 8. The lowest BCUT2D eigenvalue weighted by Gasteiger charge is -2.29. The maximum Gasteiger partial charge on any atom is 0.335 e. The Morgan fingerprint density at radius 1 is 1.11 bits per heavy atom. The number of allylic oxidation sites excluding steroid dienone is 1. The Balaban J connectivity index is 3.52. The largest absolute Gasteiger partial charge is 0.339 e. The Kier molecular flexibility index (Phi) is 3.92. The van der Waals surface area contributed by atoms with E-state index in [0.29, 0.717) is 12.2 Å². The number of methoxy groups -OCH3 is 2. The van der Waals surface area contributed by atoms with Crippen LogP contribution in [0.2, 0.25) is 0 Å². The van der Waals surface area contributed by atoms with E-state index in [0.717, 1.165) is 14.2 Å². The number of ether oxygens (including phenoxy) is 2. The second-order valence-corrected chi connectivity index (χ2v) is 3.44. The van der Waals surface area contributed by atoms with E-state index in [-0.39, 0.29) is 0 Å². The number of nitrogens with zero attached hydrogens (tertiary/aromatic N) is 3. The molecule has 0 bridgehead atoms. The van der Waals surface area contributed by atoms with Crippen LogP contribution in [0, 0.1) is 30.3 Å². The van der Waals surface area contributed by atoms with Gasteiger partial charge in [-0.3, -0.25) is 30.3 Å². The Labute approximate surface area is 105 Å². The molecule has 19 heavy (non-hydrogen) atoms. The summed E-state index contributed by atoms with van der Waals surface area (Å²) in [4.78, 5) is 29.6. The molecule has 1 rings (SSSR count). The van der Waals surface area contributed by atoms with Gasteiger partial charge in [0.1, 0.15) is 0 Å². The van der Waals surface area contributed by atoms with Crippen molar-refractivity contribution in [1.82, 2.24) is 0 Å². The summed E-state index contributed by atoms with van der Waals surface area (Å²) in [5.74, 6) is -2.31. The Hall–Kier alpha value is -2.40. The van der Waals surface area contributed by atoms with Crippen LogP contribution < -0.4 is 0 Å². The molecule has 1 aliphatic carbocycles. The first-order valence-corrected chi connectivity index (χ1v) is 4.76. The molecule has 0 saturated carbocycles. The van der Waals surface area contributed by atoms with Crippen LogP contribution in [0.15, 0.2) is 23.5 Å². The fourth-order valence-electron chi connectivity index (χ4n) is 1.74. The lowest BCUT2D eigenvalue weighted by Crippen LogP contribution is -2.54. The quantitative estimate of drug-likeness (QED) is 0.385. The van der Waals surface area contributed by atoms with E-state index >= 15 is 0 Å². The molecule has 0 N–H and O–H groups in total. The van der Waals surface area contributed by atoms with E-state index in [1.807, 2.05) is 0 Å². The summed E-state index contributed by atoms with van der Waals surface area (Å²) in [6, 6.07) is -1.91. The normalized spacial score (nSPS) is 21.3. The highest BCUT2D eigenvalue weighted by atomic mass is 16.7. The van der Waals surface area contributed by atoms with Crippen LogP contribution in [0.25, 0.3) is 0 Å². The van der Waals surface area contributed by atoms with Crippen molar-refractivity contribution in [2.45, 2.75) is 11.8 Å². The van der Waals surface area contributed by atoms with Gasteiger partial charge in [0.15, 0.2) is 0 Å².